The number of aromatic nitrogens is 2. The smallest absolute Gasteiger partial charge is 0.246 e. The van der Waals surface area contributed by atoms with Crippen molar-refractivity contribution in [1.29, 1.82) is 0 Å². The Bertz CT molecular complexity index is 538. The van der Waals surface area contributed by atoms with Gasteiger partial charge in [0, 0.05) is 26.2 Å². The van der Waals surface area contributed by atoms with E-state index in [4.69, 9.17) is 0 Å². The molecule has 1 saturated heterocycles. The van der Waals surface area contributed by atoms with E-state index < -0.39 is 10.0 Å². The van der Waals surface area contributed by atoms with E-state index in [9.17, 15) is 8.42 Å². The molecule has 1 aromatic rings. The summed E-state index contributed by atoms with van der Waals surface area (Å²) in [6.45, 7) is 5.96. The Balaban J connectivity index is 0.00000200. The van der Waals surface area contributed by atoms with Crippen LogP contribution in [0.25, 0.3) is 0 Å². The molecule has 0 bridgehead atoms. The number of aryl methyl sites for hydroxylation is 1. The molecular weight excluding hydrogens is 300 g/mol. The van der Waals surface area contributed by atoms with Gasteiger partial charge in [0.05, 0.1) is 11.9 Å². The summed E-state index contributed by atoms with van der Waals surface area (Å²) in [5.74, 6) is 0. The minimum Gasteiger partial charge on any atom is -0.315 e. The monoisotopic (exact) mass is 322 g/mol. The summed E-state index contributed by atoms with van der Waals surface area (Å²) in [6, 6.07) is 0.0598. The lowest BCUT2D eigenvalue weighted by molar-refractivity contribution is 0.335. The van der Waals surface area contributed by atoms with Crippen LogP contribution in [0, 0.1) is 6.92 Å². The second kappa shape index (κ2) is 6.89. The van der Waals surface area contributed by atoms with Crippen LogP contribution < -0.4 is 5.32 Å². The lowest BCUT2D eigenvalue weighted by Crippen LogP contribution is -2.42. The Hall–Kier alpha value is -0.630. The van der Waals surface area contributed by atoms with E-state index in [1.54, 1.807) is 23.0 Å². The molecule has 0 aliphatic carbocycles. The van der Waals surface area contributed by atoms with Gasteiger partial charge in [-0.25, -0.2) is 8.42 Å². The highest BCUT2D eigenvalue weighted by Gasteiger charge is 2.34. The lowest BCUT2D eigenvalue weighted by Gasteiger charge is -2.27. The molecule has 0 radical (unpaired) electrons. The van der Waals surface area contributed by atoms with E-state index in [0.29, 0.717) is 17.1 Å². The third-order valence-electron chi connectivity index (χ3n) is 3.66. The fourth-order valence-electron chi connectivity index (χ4n) is 2.46. The molecule has 0 aromatic carbocycles. The van der Waals surface area contributed by atoms with Gasteiger partial charge in [0.15, 0.2) is 0 Å². The predicted octanol–water partition coefficient (Wildman–Crippen LogP) is 0.913. The number of hydrogen-bond acceptors (Lipinski definition) is 4. The molecule has 20 heavy (non-hydrogen) atoms. The molecule has 1 atom stereocenters. The quantitative estimate of drug-likeness (QED) is 0.875. The van der Waals surface area contributed by atoms with E-state index >= 15 is 0 Å². The first kappa shape index (κ1) is 17.4. The Kier molecular flexibility index (Phi) is 6.00. The van der Waals surface area contributed by atoms with Gasteiger partial charge in [-0.2, -0.15) is 9.40 Å². The molecular formula is C12H23ClN4O2S. The molecule has 2 rings (SSSR count). The number of sulfonamides is 1. The predicted molar refractivity (Wildman–Crippen MR) is 80.7 cm³/mol. The minimum atomic E-state index is -3.45. The SMILES string of the molecule is CCCN(C1CCNC1)S(=O)(=O)c1cnn(C)c1C.Cl. The van der Waals surface area contributed by atoms with E-state index in [0.717, 1.165) is 25.9 Å². The minimum absolute atomic E-state index is 0. The van der Waals surface area contributed by atoms with Crippen molar-refractivity contribution in [2.75, 3.05) is 19.6 Å². The van der Waals surface area contributed by atoms with E-state index in [2.05, 4.69) is 10.4 Å². The molecule has 2 heterocycles. The van der Waals surface area contributed by atoms with Crippen LogP contribution in [0.3, 0.4) is 0 Å². The Morgan fingerprint density at radius 1 is 1.55 bits per heavy atom. The van der Waals surface area contributed by atoms with Gasteiger partial charge in [0.1, 0.15) is 4.90 Å². The summed E-state index contributed by atoms with van der Waals surface area (Å²) in [7, 11) is -1.69. The summed E-state index contributed by atoms with van der Waals surface area (Å²) in [5, 5.41) is 7.27. The molecule has 8 heteroatoms. The Labute approximate surface area is 127 Å². The number of nitrogens with zero attached hydrogens (tertiary/aromatic N) is 3. The maximum Gasteiger partial charge on any atom is 0.246 e. The van der Waals surface area contributed by atoms with Gasteiger partial charge < -0.3 is 5.32 Å². The van der Waals surface area contributed by atoms with Crippen molar-refractivity contribution in [3.63, 3.8) is 0 Å². The average Bonchev–Trinajstić information content (AvgIpc) is 2.98. The van der Waals surface area contributed by atoms with Crippen LogP contribution in [0.5, 0.6) is 0 Å². The third-order valence-corrected chi connectivity index (χ3v) is 5.72. The van der Waals surface area contributed by atoms with Crippen LogP contribution in [-0.4, -0.2) is 48.2 Å². The molecule has 1 aromatic heterocycles. The first-order valence-corrected chi connectivity index (χ1v) is 8.13. The van der Waals surface area contributed by atoms with Crippen LogP contribution >= 0.6 is 12.4 Å². The zero-order valence-electron chi connectivity index (χ0n) is 12.2. The van der Waals surface area contributed by atoms with Crippen molar-refractivity contribution in [2.24, 2.45) is 7.05 Å². The molecule has 1 fully saturated rings. The first-order chi connectivity index (χ1) is 8.98. The summed E-state index contributed by atoms with van der Waals surface area (Å²) >= 11 is 0. The average molecular weight is 323 g/mol. The number of halogens is 1. The molecule has 0 amide bonds. The summed E-state index contributed by atoms with van der Waals surface area (Å²) in [6.07, 6.45) is 3.14. The van der Waals surface area contributed by atoms with Gasteiger partial charge in [-0.1, -0.05) is 6.92 Å². The molecule has 0 spiro atoms. The third kappa shape index (κ3) is 3.16. The molecule has 1 unspecified atom stereocenters. The van der Waals surface area contributed by atoms with Gasteiger partial charge in [-0.05, 0) is 26.3 Å². The second-order valence-electron chi connectivity index (χ2n) is 4.98. The van der Waals surface area contributed by atoms with Gasteiger partial charge in [-0.15, -0.1) is 12.4 Å². The fraction of sp³-hybridized carbons (Fsp3) is 0.750. The maximum absolute atomic E-state index is 12.8. The fourth-order valence-corrected chi connectivity index (χ4v) is 4.40. The van der Waals surface area contributed by atoms with Gasteiger partial charge >= 0.3 is 0 Å². The zero-order valence-corrected chi connectivity index (χ0v) is 13.8. The first-order valence-electron chi connectivity index (χ1n) is 6.69. The van der Waals surface area contributed by atoms with Crippen molar-refractivity contribution in [1.82, 2.24) is 19.4 Å². The van der Waals surface area contributed by atoms with E-state index in [-0.39, 0.29) is 18.4 Å². The van der Waals surface area contributed by atoms with Gasteiger partial charge in [0.2, 0.25) is 10.0 Å². The Morgan fingerprint density at radius 2 is 2.25 bits per heavy atom. The topological polar surface area (TPSA) is 67.2 Å². The number of rotatable bonds is 5. The highest BCUT2D eigenvalue weighted by molar-refractivity contribution is 7.89. The van der Waals surface area contributed by atoms with Crippen LogP contribution in [0.2, 0.25) is 0 Å². The molecule has 116 valence electrons. The zero-order chi connectivity index (χ0) is 14.0. The van der Waals surface area contributed by atoms with Crippen LogP contribution in [0.1, 0.15) is 25.5 Å². The van der Waals surface area contributed by atoms with E-state index in [1.165, 1.54) is 6.20 Å². The Morgan fingerprint density at radius 3 is 2.70 bits per heavy atom. The van der Waals surface area contributed by atoms with Crippen molar-refractivity contribution in [3.8, 4) is 0 Å². The molecule has 6 nitrogen and oxygen atoms in total. The molecule has 0 saturated carbocycles. The van der Waals surface area contributed by atoms with Crippen LogP contribution in [-0.2, 0) is 17.1 Å². The second-order valence-corrected chi connectivity index (χ2v) is 6.84. The number of hydrogen-bond donors (Lipinski definition) is 1. The van der Waals surface area contributed by atoms with Gasteiger partial charge in [0.25, 0.3) is 0 Å². The standard InChI is InChI=1S/C12H22N4O2S.ClH/c1-4-7-16(11-5-6-13-8-11)19(17,18)12-9-14-15(3)10(12)2;/h9,11,13H,4-8H2,1-3H3;1H. The normalized spacial score (nSPS) is 19.3. The maximum atomic E-state index is 12.8. The summed E-state index contributed by atoms with van der Waals surface area (Å²) < 4.78 is 28.8. The van der Waals surface area contributed by atoms with Crippen LogP contribution in [0.4, 0.5) is 0 Å². The van der Waals surface area contributed by atoms with Crippen molar-refractivity contribution >= 4 is 22.4 Å². The molecule has 1 aliphatic rings. The van der Waals surface area contributed by atoms with Crippen molar-refractivity contribution in [2.45, 2.75) is 37.6 Å². The lowest BCUT2D eigenvalue weighted by atomic mass is 10.2. The van der Waals surface area contributed by atoms with E-state index in [1.807, 2.05) is 6.92 Å². The van der Waals surface area contributed by atoms with Gasteiger partial charge in [-0.3, -0.25) is 4.68 Å². The highest BCUT2D eigenvalue weighted by atomic mass is 35.5. The van der Waals surface area contributed by atoms with Crippen molar-refractivity contribution in [3.05, 3.63) is 11.9 Å². The number of nitrogens with one attached hydrogen (secondary N) is 1. The van der Waals surface area contributed by atoms with Crippen molar-refractivity contribution < 1.29 is 8.42 Å². The van der Waals surface area contributed by atoms with Crippen LogP contribution in [0.15, 0.2) is 11.1 Å². The summed E-state index contributed by atoms with van der Waals surface area (Å²) in [5.41, 5.74) is 0.687. The molecule has 1 aliphatic heterocycles. The molecule has 1 N–H and O–H groups in total. The summed E-state index contributed by atoms with van der Waals surface area (Å²) in [4.78, 5) is 0.329. The highest BCUT2D eigenvalue weighted by Crippen LogP contribution is 2.23. The largest absolute Gasteiger partial charge is 0.315 e.